The Morgan fingerprint density at radius 1 is 0.900 bits per heavy atom. The van der Waals surface area contributed by atoms with Gasteiger partial charge in [-0.1, -0.05) is 35.6 Å². The summed E-state index contributed by atoms with van der Waals surface area (Å²) in [4.78, 5) is 12.4. The summed E-state index contributed by atoms with van der Waals surface area (Å²) in [7, 11) is 0. The zero-order chi connectivity index (χ0) is 21.2. The van der Waals surface area contributed by atoms with Crippen LogP contribution in [0.5, 0.6) is 11.5 Å². The van der Waals surface area contributed by atoms with E-state index >= 15 is 0 Å². The Bertz CT molecular complexity index is 1000. The highest BCUT2D eigenvalue weighted by atomic mass is 16.5. The van der Waals surface area contributed by atoms with Crippen molar-refractivity contribution in [2.75, 3.05) is 11.9 Å². The van der Waals surface area contributed by atoms with Gasteiger partial charge in [-0.05, 0) is 54.1 Å². The number of amidine groups is 1. The number of benzene rings is 3. The zero-order valence-electron chi connectivity index (χ0n) is 16.1. The number of nitrogens with two attached hydrogens (primary N) is 1. The predicted octanol–water partition coefficient (Wildman–Crippen LogP) is 4.20. The van der Waals surface area contributed by atoms with E-state index in [4.69, 9.17) is 20.7 Å². The molecule has 8 heteroatoms. The Morgan fingerprint density at radius 3 is 2.20 bits per heavy atom. The Morgan fingerprint density at radius 2 is 1.53 bits per heavy atom. The summed E-state index contributed by atoms with van der Waals surface area (Å²) in [5, 5.41) is 9.02. The number of nitrogens with one attached hydrogen (secondary N) is 2. The molecule has 152 valence electrons. The van der Waals surface area contributed by atoms with Crippen molar-refractivity contribution in [2.45, 2.75) is 6.61 Å². The molecule has 0 aromatic heterocycles. The maximum atomic E-state index is 12.4. The van der Waals surface area contributed by atoms with Crippen LogP contribution in [0.15, 0.2) is 89.2 Å². The number of anilines is 1. The van der Waals surface area contributed by atoms with Crippen LogP contribution in [-0.4, -0.2) is 18.3 Å². The van der Waals surface area contributed by atoms with Crippen LogP contribution >= 0.6 is 0 Å². The van der Waals surface area contributed by atoms with Crippen LogP contribution in [0.1, 0.15) is 15.9 Å². The molecule has 0 bridgehead atoms. The number of hydrogen-bond donors (Lipinski definition) is 3. The Labute approximate surface area is 173 Å². The van der Waals surface area contributed by atoms with Crippen molar-refractivity contribution in [3.8, 4) is 11.5 Å². The number of carbonyl (C=O) groups excluding carboxylic acids is 1. The maximum Gasteiger partial charge on any atom is 0.255 e. The van der Waals surface area contributed by atoms with Gasteiger partial charge in [-0.3, -0.25) is 4.79 Å². The van der Waals surface area contributed by atoms with Gasteiger partial charge < -0.3 is 20.5 Å². The minimum Gasteiger partial charge on any atom is -0.489 e. The van der Waals surface area contributed by atoms with Gasteiger partial charge in [0.15, 0.2) is 5.84 Å². The quantitative estimate of drug-likeness (QED) is 0.214. The van der Waals surface area contributed by atoms with Gasteiger partial charge in [0, 0.05) is 11.3 Å². The lowest BCUT2D eigenvalue weighted by atomic mass is 10.2. The first kappa shape index (κ1) is 20.5. The van der Waals surface area contributed by atoms with Crippen LogP contribution in [0.3, 0.4) is 0 Å². The van der Waals surface area contributed by atoms with Crippen LogP contribution in [0, 0.1) is 5.53 Å². The van der Waals surface area contributed by atoms with Crippen molar-refractivity contribution >= 4 is 17.4 Å². The van der Waals surface area contributed by atoms with Crippen LogP contribution in [-0.2, 0) is 6.61 Å². The van der Waals surface area contributed by atoms with Crippen LogP contribution in [0.25, 0.3) is 0 Å². The van der Waals surface area contributed by atoms with Gasteiger partial charge in [-0.25, -0.2) is 0 Å². The van der Waals surface area contributed by atoms with Crippen molar-refractivity contribution in [1.29, 1.82) is 5.53 Å². The summed E-state index contributed by atoms with van der Waals surface area (Å²) in [6.45, 7) is 0.489. The molecular weight excluding hydrogens is 382 g/mol. The molecule has 0 radical (unpaired) electrons. The first-order chi connectivity index (χ1) is 14.6. The molecule has 0 aliphatic carbocycles. The first-order valence-corrected chi connectivity index (χ1v) is 9.14. The van der Waals surface area contributed by atoms with E-state index in [1.54, 1.807) is 36.4 Å². The molecule has 3 aromatic rings. The van der Waals surface area contributed by atoms with E-state index in [-0.39, 0.29) is 18.3 Å². The number of hydrogen-bond acceptors (Lipinski definition) is 5. The maximum absolute atomic E-state index is 12.4. The van der Waals surface area contributed by atoms with E-state index in [0.29, 0.717) is 23.6 Å². The van der Waals surface area contributed by atoms with Gasteiger partial charge in [-0.2, -0.15) is 5.53 Å². The molecule has 0 heterocycles. The molecule has 3 rings (SSSR count). The summed E-state index contributed by atoms with van der Waals surface area (Å²) in [5.74, 6) is 1.09. The molecule has 0 unspecified atom stereocenters. The van der Waals surface area contributed by atoms with E-state index in [1.165, 1.54) is 0 Å². The van der Waals surface area contributed by atoms with Crippen molar-refractivity contribution in [1.82, 2.24) is 0 Å². The molecule has 0 aliphatic rings. The second-order valence-corrected chi connectivity index (χ2v) is 6.26. The number of ether oxygens (including phenoxy) is 2. The molecule has 0 fully saturated rings. The second kappa shape index (κ2) is 10.4. The van der Waals surface area contributed by atoms with Crippen molar-refractivity contribution in [3.63, 3.8) is 0 Å². The molecule has 0 aliphatic heterocycles. The van der Waals surface area contributed by atoms with Crippen molar-refractivity contribution in [3.05, 3.63) is 90.0 Å². The van der Waals surface area contributed by atoms with Crippen LogP contribution in [0.2, 0.25) is 0 Å². The lowest BCUT2D eigenvalue weighted by molar-refractivity contribution is 0.102. The smallest absolute Gasteiger partial charge is 0.255 e. The third-order valence-corrected chi connectivity index (χ3v) is 4.04. The zero-order valence-corrected chi connectivity index (χ0v) is 16.1. The summed E-state index contributed by atoms with van der Waals surface area (Å²) in [6.07, 6.45) is 0. The fourth-order valence-corrected chi connectivity index (χ4v) is 2.53. The molecule has 8 nitrogen and oxygen atoms in total. The van der Waals surface area contributed by atoms with Gasteiger partial charge >= 0.3 is 0 Å². The fourth-order valence-electron chi connectivity index (χ4n) is 2.53. The first-order valence-electron chi connectivity index (χ1n) is 9.14. The third-order valence-electron chi connectivity index (χ3n) is 4.04. The van der Waals surface area contributed by atoms with Gasteiger partial charge in [0.1, 0.15) is 24.7 Å². The Kier molecular flexibility index (Phi) is 7.10. The largest absolute Gasteiger partial charge is 0.489 e. The van der Waals surface area contributed by atoms with Gasteiger partial charge in [0.25, 0.3) is 5.91 Å². The molecule has 0 atom stereocenters. The second-order valence-electron chi connectivity index (χ2n) is 6.26. The lowest BCUT2D eigenvalue weighted by Gasteiger charge is -2.09. The monoisotopic (exact) mass is 403 g/mol. The average Bonchev–Trinajstić information content (AvgIpc) is 2.78. The minimum atomic E-state index is -0.242. The molecule has 0 saturated heterocycles. The highest BCUT2D eigenvalue weighted by Gasteiger charge is 2.07. The summed E-state index contributed by atoms with van der Waals surface area (Å²) >= 11 is 0. The normalized spacial score (nSPS) is 10.9. The molecule has 0 saturated carbocycles. The number of nitrogens with zero attached hydrogens (tertiary/aromatic N) is 2. The van der Waals surface area contributed by atoms with Crippen LogP contribution in [0.4, 0.5) is 5.69 Å². The van der Waals surface area contributed by atoms with Crippen molar-refractivity contribution in [2.24, 2.45) is 16.1 Å². The molecule has 4 N–H and O–H groups in total. The molecule has 1 amide bonds. The Hall–Kier alpha value is -4.20. The number of amides is 1. The number of carbonyl (C=O) groups is 1. The van der Waals surface area contributed by atoms with E-state index in [0.717, 1.165) is 11.3 Å². The minimum absolute atomic E-state index is 0.00656. The van der Waals surface area contributed by atoms with Gasteiger partial charge in [-0.15, -0.1) is 5.10 Å². The van der Waals surface area contributed by atoms with E-state index < -0.39 is 0 Å². The Balaban J connectivity index is 1.51. The topological polar surface area (TPSA) is 122 Å². The highest BCUT2D eigenvalue weighted by Crippen LogP contribution is 2.19. The van der Waals surface area contributed by atoms with E-state index in [9.17, 15) is 4.79 Å². The fraction of sp³-hybridized carbons (Fsp3) is 0.0909. The number of rotatable bonds is 9. The lowest BCUT2D eigenvalue weighted by Crippen LogP contribution is -2.20. The summed E-state index contributed by atoms with van der Waals surface area (Å²) < 4.78 is 11.1. The molecular formula is C22H21N5O3. The standard InChI is InChI=1S/C22H21N5O3/c23-21(26-27-24)15-30-19-10-6-17(7-11-19)22(28)25-18-8-12-20(13-9-18)29-14-16-4-2-1-3-5-16/h1-13H,14-15H2,(H,25,28)(H3,23,24,26). The molecule has 30 heavy (non-hydrogen) atoms. The van der Waals surface area contributed by atoms with Gasteiger partial charge in [0.2, 0.25) is 0 Å². The SMILES string of the molecule is N=NN=C(N)COc1ccc(C(=O)Nc2ccc(OCc3ccccc3)cc2)cc1. The predicted molar refractivity (Wildman–Crippen MR) is 114 cm³/mol. The molecule has 0 spiro atoms. The van der Waals surface area contributed by atoms with Crippen molar-refractivity contribution < 1.29 is 14.3 Å². The van der Waals surface area contributed by atoms with Gasteiger partial charge in [0.05, 0.1) is 0 Å². The van der Waals surface area contributed by atoms with Crippen LogP contribution < -0.4 is 20.5 Å². The summed E-state index contributed by atoms with van der Waals surface area (Å²) in [5.41, 5.74) is 14.3. The third kappa shape index (κ3) is 6.16. The van der Waals surface area contributed by atoms with E-state index in [2.05, 4.69) is 15.6 Å². The van der Waals surface area contributed by atoms with E-state index in [1.807, 2.05) is 42.5 Å². The summed E-state index contributed by atoms with van der Waals surface area (Å²) in [6, 6.07) is 23.7. The average molecular weight is 403 g/mol. The highest BCUT2D eigenvalue weighted by molar-refractivity contribution is 6.04. The molecule has 3 aromatic carbocycles.